The van der Waals surface area contributed by atoms with Crippen molar-refractivity contribution in [2.45, 2.75) is 65.3 Å². The molecule has 2 aliphatic heterocycles. The molecule has 2 heterocycles. The van der Waals surface area contributed by atoms with Crippen LogP contribution in [-0.4, -0.2) is 87.4 Å². The van der Waals surface area contributed by atoms with E-state index in [0.29, 0.717) is 12.0 Å². The maximum Gasteiger partial charge on any atom is 0.191 e. The third-order valence-corrected chi connectivity index (χ3v) is 5.96. The molecule has 2 saturated heterocycles. The number of hydrogen-bond donors (Lipinski definition) is 2. The van der Waals surface area contributed by atoms with Crippen LogP contribution in [0.3, 0.4) is 0 Å². The lowest BCUT2D eigenvalue weighted by atomic mass is 10.0. The number of likely N-dealkylation sites (tertiary alicyclic amines) is 1. The standard InChI is InChI=1S/C22H45N5O.HI/c1-4-23-22(24-11-7-10-12-26-15-17-28-18-16-26)25-19-21(20(2)3)27-13-8-5-6-9-14-27;/h20-21H,4-19H2,1-3H3,(H2,23,24,25);1H. The minimum absolute atomic E-state index is 0. The highest BCUT2D eigenvalue weighted by Gasteiger charge is 2.22. The number of nitrogens with zero attached hydrogens (tertiary/aromatic N) is 3. The summed E-state index contributed by atoms with van der Waals surface area (Å²) in [5, 5.41) is 6.97. The Labute approximate surface area is 196 Å². The van der Waals surface area contributed by atoms with Crippen LogP contribution in [0.2, 0.25) is 0 Å². The van der Waals surface area contributed by atoms with Crippen LogP contribution in [0.4, 0.5) is 0 Å². The monoisotopic (exact) mass is 523 g/mol. The molecule has 2 N–H and O–H groups in total. The normalized spacial score (nSPS) is 20.8. The Kier molecular flexibility index (Phi) is 15.4. The highest BCUT2D eigenvalue weighted by molar-refractivity contribution is 14.0. The second kappa shape index (κ2) is 16.6. The maximum atomic E-state index is 5.42. The SMILES string of the molecule is CCNC(=NCC(C(C)C)N1CCCCCC1)NCCCCN1CCOCC1.I. The minimum atomic E-state index is 0. The first-order valence-corrected chi connectivity index (χ1v) is 11.8. The van der Waals surface area contributed by atoms with E-state index in [-0.39, 0.29) is 24.0 Å². The summed E-state index contributed by atoms with van der Waals surface area (Å²) in [6.07, 6.45) is 7.87. The highest BCUT2D eigenvalue weighted by Crippen LogP contribution is 2.17. The van der Waals surface area contributed by atoms with Gasteiger partial charge in [0.1, 0.15) is 0 Å². The molecule has 29 heavy (non-hydrogen) atoms. The van der Waals surface area contributed by atoms with Gasteiger partial charge in [-0.2, -0.15) is 0 Å². The van der Waals surface area contributed by atoms with Gasteiger partial charge in [-0.25, -0.2) is 0 Å². The van der Waals surface area contributed by atoms with E-state index in [0.717, 1.165) is 51.9 Å². The van der Waals surface area contributed by atoms with E-state index < -0.39 is 0 Å². The van der Waals surface area contributed by atoms with Gasteiger partial charge in [-0.1, -0.05) is 26.7 Å². The molecule has 0 radical (unpaired) electrons. The minimum Gasteiger partial charge on any atom is -0.379 e. The number of rotatable bonds is 10. The average Bonchev–Trinajstić information content (AvgIpc) is 2.98. The lowest BCUT2D eigenvalue weighted by Gasteiger charge is -2.32. The van der Waals surface area contributed by atoms with Crippen LogP contribution < -0.4 is 10.6 Å². The molecule has 1 atom stereocenters. The van der Waals surface area contributed by atoms with E-state index >= 15 is 0 Å². The molecule has 0 aromatic carbocycles. The summed E-state index contributed by atoms with van der Waals surface area (Å²) in [5.41, 5.74) is 0. The molecule has 6 nitrogen and oxygen atoms in total. The van der Waals surface area contributed by atoms with Gasteiger partial charge in [0.15, 0.2) is 5.96 Å². The van der Waals surface area contributed by atoms with E-state index in [1.807, 2.05) is 0 Å². The van der Waals surface area contributed by atoms with E-state index in [1.54, 1.807) is 0 Å². The molecule has 172 valence electrons. The molecule has 0 aromatic rings. The van der Waals surface area contributed by atoms with Gasteiger partial charge in [-0.15, -0.1) is 24.0 Å². The molecule has 0 amide bonds. The molecule has 2 rings (SSSR count). The van der Waals surface area contributed by atoms with Gasteiger partial charge in [-0.3, -0.25) is 14.8 Å². The Morgan fingerprint density at radius 2 is 1.66 bits per heavy atom. The summed E-state index contributed by atoms with van der Waals surface area (Å²) >= 11 is 0. The summed E-state index contributed by atoms with van der Waals surface area (Å²) in [5.74, 6) is 1.62. The first kappa shape index (κ1) is 26.9. The predicted molar refractivity (Wildman–Crippen MR) is 135 cm³/mol. The van der Waals surface area contributed by atoms with E-state index in [1.165, 1.54) is 58.2 Å². The zero-order valence-corrected chi connectivity index (χ0v) is 21.5. The molecule has 2 aliphatic rings. The number of halogens is 1. The quantitative estimate of drug-likeness (QED) is 0.200. The number of aliphatic imine (C=N–C) groups is 1. The van der Waals surface area contributed by atoms with Crippen molar-refractivity contribution < 1.29 is 4.74 Å². The fourth-order valence-corrected chi connectivity index (χ4v) is 4.19. The van der Waals surface area contributed by atoms with Crippen LogP contribution in [0.5, 0.6) is 0 Å². The lowest BCUT2D eigenvalue weighted by Crippen LogP contribution is -2.44. The van der Waals surface area contributed by atoms with Crippen molar-refractivity contribution in [2.24, 2.45) is 10.9 Å². The van der Waals surface area contributed by atoms with Crippen molar-refractivity contribution in [3.63, 3.8) is 0 Å². The number of morpholine rings is 1. The van der Waals surface area contributed by atoms with Crippen LogP contribution in [0, 0.1) is 5.92 Å². The van der Waals surface area contributed by atoms with E-state index in [4.69, 9.17) is 9.73 Å². The second-order valence-corrected chi connectivity index (χ2v) is 8.57. The molecule has 0 saturated carbocycles. The molecule has 0 aliphatic carbocycles. The molecule has 2 fully saturated rings. The number of ether oxygens (including phenoxy) is 1. The molecule has 1 unspecified atom stereocenters. The molecular weight excluding hydrogens is 477 g/mol. The molecule has 7 heteroatoms. The molecule has 0 spiro atoms. The van der Waals surface area contributed by atoms with Gasteiger partial charge in [0, 0.05) is 32.2 Å². The van der Waals surface area contributed by atoms with Crippen molar-refractivity contribution in [3.05, 3.63) is 0 Å². The van der Waals surface area contributed by atoms with Gasteiger partial charge in [-0.05, 0) is 58.2 Å². The van der Waals surface area contributed by atoms with Crippen LogP contribution in [0.25, 0.3) is 0 Å². The van der Waals surface area contributed by atoms with Crippen molar-refractivity contribution in [2.75, 3.05) is 65.6 Å². The third-order valence-electron chi connectivity index (χ3n) is 5.96. The Morgan fingerprint density at radius 3 is 2.28 bits per heavy atom. The van der Waals surface area contributed by atoms with Crippen LogP contribution in [0.1, 0.15) is 59.3 Å². The zero-order chi connectivity index (χ0) is 20.0. The van der Waals surface area contributed by atoms with Gasteiger partial charge in [0.25, 0.3) is 0 Å². The number of hydrogen-bond acceptors (Lipinski definition) is 4. The summed E-state index contributed by atoms with van der Waals surface area (Å²) in [6.45, 7) is 17.3. The fraction of sp³-hybridized carbons (Fsp3) is 0.955. The average molecular weight is 524 g/mol. The second-order valence-electron chi connectivity index (χ2n) is 8.57. The molecule has 0 bridgehead atoms. The Balaban J connectivity index is 0.00000420. The Bertz CT molecular complexity index is 421. The summed E-state index contributed by atoms with van der Waals surface area (Å²) in [7, 11) is 0. The lowest BCUT2D eigenvalue weighted by molar-refractivity contribution is 0.0372. The van der Waals surface area contributed by atoms with Crippen molar-refractivity contribution in [1.29, 1.82) is 0 Å². The number of guanidine groups is 1. The largest absolute Gasteiger partial charge is 0.379 e. The third kappa shape index (κ3) is 11.2. The Morgan fingerprint density at radius 1 is 0.966 bits per heavy atom. The van der Waals surface area contributed by atoms with Crippen LogP contribution in [-0.2, 0) is 4.74 Å². The predicted octanol–water partition coefficient (Wildman–Crippen LogP) is 3.17. The van der Waals surface area contributed by atoms with Crippen molar-refractivity contribution in [3.8, 4) is 0 Å². The van der Waals surface area contributed by atoms with Crippen LogP contribution in [0.15, 0.2) is 4.99 Å². The number of unbranched alkanes of at least 4 members (excludes halogenated alkanes) is 1. The maximum absolute atomic E-state index is 5.42. The topological polar surface area (TPSA) is 52.1 Å². The van der Waals surface area contributed by atoms with Crippen molar-refractivity contribution in [1.82, 2.24) is 20.4 Å². The van der Waals surface area contributed by atoms with E-state index in [2.05, 4.69) is 41.2 Å². The zero-order valence-electron chi connectivity index (χ0n) is 19.1. The summed E-state index contributed by atoms with van der Waals surface area (Å²) in [6, 6.07) is 0.551. The molecule has 0 aromatic heterocycles. The smallest absolute Gasteiger partial charge is 0.191 e. The van der Waals surface area contributed by atoms with Crippen LogP contribution >= 0.6 is 24.0 Å². The van der Waals surface area contributed by atoms with Gasteiger partial charge in [0.2, 0.25) is 0 Å². The summed E-state index contributed by atoms with van der Waals surface area (Å²) < 4.78 is 5.42. The first-order chi connectivity index (χ1) is 13.7. The Hall–Kier alpha value is -0.120. The number of nitrogens with one attached hydrogen (secondary N) is 2. The fourth-order valence-electron chi connectivity index (χ4n) is 4.19. The highest BCUT2D eigenvalue weighted by atomic mass is 127. The van der Waals surface area contributed by atoms with Gasteiger partial charge in [0.05, 0.1) is 19.8 Å². The first-order valence-electron chi connectivity index (χ1n) is 11.8. The summed E-state index contributed by atoms with van der Waals surface area (Å²) in [4.78, 5) is 10.2. The van der Waals surface area contributed by atoms with E-state index in [9.17, 15) is 0 Å². The molecular formula is C22H46IN5O. The van der Waals surface area contributed by atoms with Gasteiger partial charge < -0.3 is 15.4 Å². The van der Waals surface area contributed by atoms with Crippen molar-refractivity contribution >= 4 is 29.9 Å². The van der Waals surface area contributed by atoms with Gasteiger partial charge >= 0.3 is 0 Å².